The van der Waals surface area contributed by atoms with E-state index in [1.165, 1.54) is 0 Å². The van der Waals surface area contributed by atoms with Crippen LogP contribution in [0.2, 0.25) is 0 Å². The van der Waals surface area contributed by atoms with Gasteiger partial charge >= 0.3 is 0 Å². The molecule has 0 aliphatic rings. The Morgan fingerprint density at radius 1 is 1.15 bits per heavy atom. The zero-order valence-electron chi connectivity index (χ0n) is 15.3. The van der Waals surface area contributed by atoms with Crippen molar-refractivity contribution >= 4 is 22.6 Å². The highest BCUT2D eigenvalue weighted by molar-refractivity contribution is 5.92. The van der Waals surface area contributed by atoms with Gasteiger partial charge in [0.25, 0.3) is 5.56 Å². The van der Waals surface area contributed by atoms with E-state index in [2.05, 4.69) is 29.1 Å². The summed E-state index contributed by atoms with van der Waals surface area (Å²) in [6.07, 6.45) is 0.509. The number of anilines is 1. The number of benzene rings is 2. The zero-order chi connectivity index (χ0) is 18.7. The van der Waals surface area contributed by atoms with Gasteiger partial charge in [0.1, 0.15) is 5.69 Å². The first kappa shape index (κ1) is 17.9. The monoisotopic (exact) mass is 349 g/mol. The molecule has 0 fully saturated rings. The summed E-state index contributed by atoms with van der Waals surface area (Å²) >= 11 is 0. The molecule has 0 bridgehead atoms. The minimum Gasteiger partial charge on any atom is -0.326 e. The molecule has 0 atom stereocenters. The number of para-hydroxylation sites is 3. The van der Waals surface area contributed by atoms with E-state index >= 15 is 0 Å². The number of carbonyl (C=O) groups is 1. The number of aromatic amines is 1. The number of nitrogens with zero attached hydrogens (tertiary/aromatic N) is 1. The van der Waals surface area contributed by atoms with Crippen LogP contribution in [0.25, 0.3) is 11.0 Å². The van der Waals surface area contributed by atoms with Crippen LogP contribution in [-0.2, 0) is 11.2 Å². The summed E-state index contributed by atoms with van der Waals surface area (Å²) < 4.78 is 0. The topological polar surface area (TPSA) is 74.8 Å². The molecule has 2 aromatic carbocycles. The van der Waals surface area contributed by atoms with Crippen molar-refractivity contribution in [2.75, 3.05) is 5.32 Å². The number of hydrogen-bond acceptors (Lipinski definition) is 3. The number of H-pyrrole nitrogens is 1. The van der Waals surface area contributed by atoms with Gasteiger partial charge in [0.2, 0.25) is 5.91 Å². The third-order valence-electron chi connectivity index (χ3n) is 4.45. The average Bonchev–Trinajstić information content (AvgIpc) is 2.61. The molecule has 1 amide bonds. The maximum absolute atomic E-state index is 12.4. The van der Waals surface area contributed by atoms with Crippen molar-refractivity contribution in [1.82, 2.24) is 9.97 Å². The summed E-state index contributed by atoms with van der Waals surface area (Å²) in [5.41, 5.74) is 4.58. The van der Waals surface area contributed by atoms with Gasteiger partial charge in [-0.1, -0.05) is 44.2 Å². The van der Waals surface area contributed by atoms with Gasteiger partial charge in [-0.2, -0.15) is 0 Å². The van der Waals surface area contributed by atoms with Gasteiger partial charge in [-0.15, -0.1) is 0 Å². The van der Waals surface area contributed by atoms with Crippen LogP contribution in [0.3, 0.4) is 0 Å². The lowest BCUT2D eigenvalue weighted by molar-refractivity contribution is -0.116. The molecular weight excluding hydrogens is 326 g/mol. The maximum Gasteiger partial charge on any atom is 0.270 e. The molecule has 1 heterocycles. The van der Waals surface area contributed by atoms with Crippen LogP contribution in [0.15, 0.2) is 47.3 Å². The maximum atomic E-state index is 12.4. The zero-order valence-corrected chi connectivity index (χ0v) is 15.3. The largest absolute Gasteiger partial charge is 0.326 e. The number of aryl methyl sites for hydroxylation is 2. The standard InChI is InChI=1S/C21H23N3O2/c1-13(2)15-8-6-7-14(3)20(15)24-19(25)12-11-18-21(26)23-17-10-5-4-9-16(17)22-18/h4-10,13H,11-12H2,1-3H3,(H,23,26)(H,24,25). The Labute approximate surface area is 152 Å². The second kappa shape index (κ2) is 7.52. The summed E-state index contributed by atoms with van der Waals surface area (Å²) in [6, 6.07) is 13.4. The Hall–Kier alpha value is -2.95. The predicted molar refractivity (Wildman–Crippen MR) is 105 cm³/mol. The van der Waals surface area contributed by atoms with Gasteiger partial charge in [-0.3, -0.25) is 9.59 Å². The molecule has 26 heavy (non-hydrogen) atoms. The highest BCUT2D eigenvalue weighted by Crippen LogP contribution is 2.27. The Balaban J connectivity index is 1.74. The molecule has 134 valence electrons. The number of aromatic nitrogens is 2. The van der Waals surface area contributed by atoms with Gasteiger partial charge < -0.3 is 10.3 Å². The van der Waals surface area contributed by atoms with E-state index in [9.17, 15) is 9.59 Å². The molecule has 3 rings (SSSR count). The van der Waals surface area contributed by atoms with E-state index < -0.39 is 0 Å². The van der Waals surface area contributed by atoms with E-state index in [0.29, 0.717) is 23.5 Å². The first-order valence-electron chi connectivity index (χ1n) is 8.83. The van der Waals surface area contributed by atoms with Crippen LogP contribution < -0.4 is 10.9 Å². The second-order valence-electron chi connectivity index (χ2n) is 6.77. The van der Waals surface area contributed by atoms with E-state index in [4.69, 9.17) is 0 Å². The Morgan fingerprint density at radius 2 is 1.92 bits per heavy atom. The Bertz CT molecular complexity index is 1010. The van der Waals surface area contributed by atoms with Crippen molar-refractivity contribution in [2.24, 2.45) is 0 Å². The van der Waals surface area contributed by atoms with Crippen molar-refractivity contribution in [1.29, 1.82) is 0 Å². The third kappa shape index (κ3) is 3.82. The van der Waals surface area contributed by atoms with Crippen LogP contribution in [0.1, 0.15) is 43.0 Å². The molecule has 0 saturated carbocycles. The van der Waals surface area contributed by atoms with Crippen LogP contribution in [-0.4, -0.2) is 15.9 Å². The number of fused-ring (bicyclic) bond motifs is 1. The quantitative estimate of drug-likeness (QED) is 0.733. The summed E-state index contributed by atoms with van der Waals surface area (Å²) in [6.45, 7) is 6.18. The van der Waals surface area contributed by atoms with E-state index in [0.717, 1.165) is 22.3 Å². The number of rotatable bonds is 5. The fourth-order valence-electron chi connectivity index (χ4n) is 3.01. The average molecular weight is 349 g/mol. The molecule has 0 saturated heterocycles. The first-order valence-corrected chi connectivity index (χ1v) is 8.83. The molecular formula is C21H23N3O2. The Kier molecular flexibility index (Phi) is 5.16. The SMILES string of the molecule is Cc1cccc(C(C)C)c1NC(=O)CCc1nc2ccccc2[nH]c1=O. The van der Waals surface area contributed by atoms with E-state index in [1.807, 2.05) is 49.4 Å². The number of hydrogen-bond donors (Lipinski definition) is 2. The van der Waals surface area contributed by atoms with E-state index in [1.54, 1.807) is 0 Å². The molecule has 0 unspecified atom stereocenters. The lowest BCUT2D eigenvalue weighted by Gasteiger charge is -2.16. The molecule has 5 heteroatoms. The van der Waals surface area contributed by atoms with Gasteiger partial charge in [-0.25, -0.2) is 4.98 Å². The van der Waals surface area contributed by atoms with Gasteiger partial charge in [0, 0.05) is 18.5 Å². The van der Waals surface area contributed by atoms with Gasteiger partial charge in [0.15, 0.2) is 0 Å². The minimum atomic E-state index is -0.240. The number of carbonyl (C=O) groups excluding carboxylic acids is 1. The van der Waals surface area contributed by atoms with Gasteiger partial charge in [-0.05, 0) is 36.1 Å². The van der Waals surface area contributed by atoms with Crippen molar-refractivity contribution in [2.45, 2.75) is 39.5 Å². The van der Waals surface area contributed by atoms with Crippen molar-refractivity contribution in [3.05, 3.63) is 69.6 Å². The third-order valence-corrected chi connectivity index (χ3v) is 4.45. The normalized spacial score (nSPS) is 11.1. The fraction of sp³-hybridized carbons (Fsp3) is 0.286. The highest BCUT2D eigenvalue weighted by Gasteiger charge is 2.13. The van der Waals surface area contributed by atoms with Crippen molar-refractivity contribution in [3.8, 4) is 0 Å². The summed E-state index contributed by atoms with van der Waals surface area (Å²) in [4.78, 5) is 31.8. The Morgan fingerprint density at radius 3 is 2.69 bits per heavy atom. The highest BCUT2D eigenvalue weighted by atomic mass is 16.1. The van der Waals surface area contributed by atoms with Crippen LogP contribution in [0.5, 0.6) is 0 Å². The summed E-state index contributed by atoms with van der Waals surface area (Å²) in [5.74, 6) is 0.200. The second-order valence-corrected chi connectivity index (χ2v) is 6.77. The minimum absolute atomic E-state index is 0.115. The lowest BCUT2D eigenvalue weighted by atomic mass is 9.98. The number of nitrogens with one attached hydrogen (secondary N) is 2. The van der Waals surface area contributed by atoms with Crippen LogP contribution in [0.4, 0.5) is 5.69 Å². The molecule has 0 spiro atoms. The van der Waals surface area contributed by atoms with Gasteiger partial charge in [0.05, 0.1) is 11.0 Å². The summed E-state index contributed by atoms with van der Waals surface area (Å²) in [5, 5.41) is 3.01. The van der Waals surface area contributed by atoms with Crippen LogP contribution in [0, 0.1) is 6.92 Å². The predicted octanol–water partition coefficient (Wildman–Crippen LogP) is 3.93. The van der Waals surface area contributed by atoms with E-state index in [-0.39, 0.29) is 17.9 Å². The smallest absolute Gasteiger partial charge is 0.270 e. The lowest BCUT2D eigenvalue weighted by Crippen LogP contribution is -2.19. The molecule has 0 radical (unpaired) electrons. The first-order chi connectivity index (χ1) is 12.5. The molecule has 0 aliphatic heterocycles. The van der Waals surface area contributed by atoms with Crippen molar-refractivity contribution < 1.29 is 4.79 Å². The molecule has 2 N–H and O–H groups in total. The molecule has 3 aromatic rings. The molecule has 5 nitrogen and oxygen atoms in total. The van der Waals surface area contributed by atoms with Crippen molar-refractivity contribution in [3.63, 3.8) is 0 Å². The summed E-state index contributed by atoms with van der Waals surface area (Å²) in [7, 11) is 0. The molecule has 1 aromatic heterocycles. The van der Waals surface area contributed by atoms with Crippen LogP contribution >= 0.6 is 0 Å². The fourth-order valence-corrected chi connectivity index (χ4v) is 3.01. The number of amides is 1. The molecule has 0 aliphatic carbocycles.